The Kier molecular flexibility index (Phi) is 4.45. The highest BCUT2D eigenvalue weighted by Crippen LogP contribution is 2.17. The molecule has 0 bridgehead atoms. The third-order valence-corrected chi connectivity index (χ3v) is 3.29. The molecule has 0 saturated carbocycles. The van der Waals surface area contributed by atoms with Gasteiger partial charge in [-0.1, -0.05) is 24.3 Å². The molecule has 0 aliphatic heterocycles. The van der Waals surface area contributed by atoms with Crippen LogP contribution in [0.5, 0.6) is 5.75 Å². The van der Waals surface area contributed by atoms with E-state index in [9.17, 15) is 0 Å². The molecule has 0 aliphatic rings. The Hall–Kier alpha value is -1.96. The van der Waals surface area contributed by atoms with Gasteiger partial charge in [0, 0.05) is 19.8 Å². The number of nitrogens with zero attached hydrogens (tertiary/aromatic N) is 1. The minimum Gasteiger partial charge on any atom is -0.497 e. The van der Waals surface area contributed by atoms with Crippen molar-refractivity contribution in [2.75, 3.05) is 26.1 Å². The second-order valence-electron chi connectivity index (χ2n) is 4.91. The fourth-order valence-corrected chi connectivity index (χ4v) is 2.07. The SMILES string of the molecule is COc1ccc(CCc2cccc(N(C)C)c2)cc1. The van der Waals surface area contributed by atoms with Crippen LogP contribution in [0.4, 0.5) is 5.69 Å². The van der Waals surface area contributed by atoms with E-state index in [1.807, 2.05) is 12.1 Å². The predicted octanol–water partition coefficient (Wildman–Crippen LogP) is 3.55. The van der Waals surface area contributed by atoms with Crippen molar-refractivity contribution in [3.05, 3.63) is 59.7 Å². The summed E-state index contributed by atoms with van der Waals surface area (Å²) in [6.45, 7) is 0. The van der Waals surface area contributed by atoms with Crippen LogP contribution in [0.3, 0.4) is 0 Å². The summed E-state index contributed by atoms with van der Waals surface area (Å²) in [5.74, 6) is 0.915. The second kappa shape index (κ2) is 6.28. The van der Waals surface area contributed by atoms with Crippen LogP contribution in [-0.2, 0) is 12.8 Å². The summed E-state index contributed by atoms with van der Waals surface area (Å²) in [5.41, 5.74) is 3.98. The number of methoxy groups -OCH3 is 1. The quantitative estimate of drug-likeness (QED) is 0.810. The lowest BCUT2D eigenvalue weighted by molar-refractivity contribution is 0.414. The van der Waals surface area contributed by atoms with E-state index < -0.39 is 0 Å². The monoisotopic (exact) mass is 255 g/mol. The van der Waals surface area contributed by atoms with Crippen LogP contribution in [0.2, 0.25) is 0 Å². The Morgan fingerprint density at radius 3 is 2.21 bits per heavy atom. The smallest absolute Gasteiger partial charge is 0.118 e. The van der Waals surface area contributed by atoms with Gasteiger partial charge in [0.05, 0.1) is 7.11 Å². The summed E-state index contributed by atoms with van der Waals surface area (Å²) >= 11 is 0. The van der Waals surface area contributed by atoms with Crippen LogP contribution >= 0.6 is 0 Å². The molecule has 2 aromatic rings. The van der Waals surface area contributed by atoms with Crippen molar-refractivity contribution in [1.82, 2.24) is 0 Å². The zero-order valence-corrected chi connectivity index (χ0v) is 11.9. The fraction of sp³-hybridized carbons (Fsp3) is 0.294. The number of rotatable bonds is 5. The molecule has 0 fully saturated rings. The molecule has 0 spiro atoms. The van der Waals surface area contributed by atoms with Crippen molar-refractivity contribution in [3.63, 3.8) is 0 Å². The summed E-state index contributed by atoms with van der Waals surface area (Å²) in [7, 11) is 5.84. The molecule has 2 heteroatoms. The van der Waals surface area contributed by atoms with Crippen LogP contribution in [0.1, 0.15) is 11.1 Å². The first kappa shape index (κ1) is 13.5. The molecule has 0 unspecified atom stereocenters. The molecule has 19 heavy (non-hydrogen) atoms. The average molecular weight is 255 g/mol. The van der Waals surface area contributed by atoms with Crippen LogP contribution in [0.25, 0.3) is 0 Å². The van der Waals surface area contributed by atoms with Gasteiger partial charge in [-0.3, -0.25) is 0 Å². The highest BCUT2D eigenvalue weighted by molar-refractivity contribution is 5.47. The van der Waals surface area contributed by atoms with E-state index in [2.05, 4.69) is 55.4 Å². The largest absolute Gasteiger partial charge is 0.497 e. The van der Waals surface area contributed by atoms with E-state index in [1.54, 1.807) is 7.11 Å². The zero-order valence-electron chi connectivity index (χ0n) is 11.9. The van der Waals surface area contributed by atoms with E-state index in [1.165, 1.54) is 16.8 Å². The first-order chi connectivity index (χ1) is 9.19. The van der Waals surface area contributed by atoms with Gasteiger partial charge in [-0.05, 0) is 48.2 Å². The Morgan fingerprint density at radius 1 is 0.895 bits per heavy atom. The maximum atomic E-state index is 5.17. The molecule has 0 aliphatic carbocycles. The van der Waals surface area contributed by atoms with E-state index in [4.69, 9.17) is 4.74 Å². The third kappa shape index (κ3) is 3.75. The summed E-state index contributed by atoms with van der Waals surface area (Å²) < 4.78 is 5.17. The van der Waals surface area contributed by atoms with Crippen LogP contribution in [-0.4, -0.2) is 21.2 Å². The maximum absolute atomic E-state index is 5.17. The Bertz CT molecular complexity index is 517. The molecular formula is C17H21NO. The molecule has 0 aromatic heterocycles. The van der Waals surface area contributed by atoms with Gasteiger partial charge in [0.1, 0.15) is 5.75 Å². The Balaban J connectivity index is 1.99. The van der Waals surface area contributed by atoms with Gasteiger partial charge in [0.25, 0.3) is 0 Å². The van der Waals surface area contributed by atoms with Crippen LogP contribution in [0.15, 0.2) is 48.5 Å². The highest BCUT2D eigenvalue weighted by Gasteiger charge is 2.00. The summed E-state index contributed by atoms with van der Waals surface area (Å²) in [4.78, 5) is 2.14. The summed E-state index contributed by atoms with van der Waals surface area (Å²) in [6.07, 6.45) is 2.12. The van der Waals surface area contributed by atoms with Gasteiger partial charge in [0.15, 0.2) is 0 Å². The molecule has 0 atom stereocenters. The maximum Gasteiger partial charge on any atom is 0.118 e. The molecule has 100 valence electrons. The standard InChI is InChI=1S/C17H21NO/c1-18(2)16-6-4-5-15(13-16)8-7-14-9-11-17(19-3)12-10-14/h4-6,9-13H,7-8H2,1-3H3. The Labute approximate surface area is 115 Å². The number of ether oxygens (including phenoxy) is 1. The van der Waals surface area contributed by atoms with E-state index in [-0.39, 0.29) is 0 Å². The summed E-state index contributed by atoms with van der Waals surface area (Å²) in [6, 6.07) is 17.0. The molecule has 0 amide bonds. The molecule has 0 saturated heterocycles. The van der Waals surface area contributed by atoms with Gasteiger partial charge in [-0.25, -0.2) is 0 Å². The topological polar surface area (TPSA) is 12.5 Å². The van der Waals surface area contributed by atoms with Crippen molar-refractivity contribution in [2.24, 2.45) is 0 Å². The van der Waals surface area contributed by atoms with Crippen molar-refractivity contribution in [3.8, 4) is 5.75 Å². The molecule has 2 aromatic carbocycles. The van der Waals surface area contributed by atoms with Gasteiger partial charge in [-0.15, -0.1) is 0 Å². The van der Waals surface area contributed by atoms with Crippen molar-refractivity contribution < 1.29 is 4.74 Å². The van der Waals surface area contributed by atoms with Gasteiger partial charge in [-0.2, -0.15) is 0 Å². The zero-order chi connectivity index (χ0) is 13.7. The lowest BCUT2D eigenvalue weighted by Crippen LogP contribution is -2.08. The molecule has 0 heterocycles. The number of hydrogen-bond donors (Lipinski definition) is 0. The minimum absolute atomic E-state index is 0.915. The molecule has 2 nitrogen and oxygen atoms in total. The average Bonchev–Trinajstić information content (AvgIpc) is 2.46. The van der Waals surface area contributed by atoms with Gasteiger partial charge in [0.2, 0.25) is 0 Å². The molecule has 0 radical (unpaired) electrons. The van der Waals surface area contributed by atoms with Crippen molar-refractivity contribution >= 4 is 5.69 Å². The summed E-state index contributed by atoms with van der Waals surface area (Å²) in [5, 5.41) is 0. The second-order valence-corrected chi connectivity index (χ2v) is 4.91. The predicted molar refractivity (Wildman–Crippen MR) is 81.2 cm³/mol. The number of aryl methyl sites for hydroxylation is 2. The molecule has 0 N–H and O–H groups in total. The van der Waals surface area contributed by atoms with Crippen molar-refractivity contribution in [2.45, 2.75) is 12.8 Å². The number of anilines is 1. The van der Waals surface area contributed by atoms with Crippen molar-refractivity contribution in [1.29, 1.82) is 0 Å². The minimum atomic E-state index is 0.915. The van der Waals surface area contributed by atoms with Gasteiger partial charge >= 0.3 is 0 Å². The number of benzene rings is 2. The first-order valence-electron chi connectivity index (χ1n) is 6.58. The van der Waals surface area contributed by atoms with Crippen LogP contribution in [0, 0.1) is 0 Å². The Morgan fingerprint density at radius 2 is 1.58 bits per heavy atom. The van der Waals surface area contributed by atoms with E-state index >= 15 is 0 Å². The normalized spacial score (nSPS) is 10.3. The van der Waals surface area contributed by atoms with E-state index in [0.29, 0.717) is 0 Å². The first-order valence-corrected chi connectivity index (χ1v) is 6.58. The number of hydrogen-bond acceptors (Lipinski definition) is 2. The third-order valence-electron chi connectivity index (χ3n) is 3.29. The highest BCUT2D eigenvalue weighted by atomic mass is 16.5. The lowest BCUT2D eigenvalue weighted by atomic mass is 10.0. The molecule has 2 rings (SSSR count). The fourth-order valence-electron chi connectivity index (χ4n) is 2.07. The van der Waals surface area contributed by atoms with Crippen LogP contribution < -0.4 is 9.64 Å². The lowest BCUT2D eigenvalue weighted by Gasteiger charge is -2.13. The van der Waals surface area contributed by atoms with E-state index in [0.717, 1.165) is 18.6 Å². The molecular weight excluding hydrogens is 234 g/mol. The van der Waals surface area contributed by atoms with Gasteiger partial charge < -0.3 is 9.64 Å².